The highest BCUT2D eigenvalue weighted by atomic mass is 19.1. The minimum Gasteiger partial charge on any atom is -0.486 e. The van der Waals surface area contributed by atoms with Crippen molar-refractivity contribution >= 4 is 23.1 Å². The number of pyridine rings is 1. The SMILES string of the molecule is O=C(Cc1ccc(F)cc1)Nc1ccc(Nc2ccc3c(c2)OCCO3)nc1. The number of hydrogen-bond donors (Lipinski definition) is 2. The van der Waals surface area contributed by atoms with Gasteiger partial charge in [-0.2, -0.15) is 0 Å². The monoisotopic (exact) mass is 379 g/mol. The first-order valence-electron chi connectivity index (χ1n) is 8.83. The summed E-state index contributed by atoms with van der Waals surface area (Å²) in [6.07, 6.45) is 1.74. The van der Waals surface area contributed by atoms with Crippen LogP contribution in [0.3, 0.4) is 0 Å². The van der Waals surface area contributed by atoms with Gasteiger partial charge in [0, 0.05) is 11.8 Å². The van der Waals surface area contributed by atoms with Gasteiger partial charge in [-0.25, -0.2) is 9.37 Å². The van der Waals surface area contributed by atoms with Gasteiger partial charge >= 0.3 is 0 Å². The molecule has 2 N–H and O–H groups in total. The number of carbonyl (C=O) groups excluding carboxylic acids is 1. The van der Waals surface area contributed by atoms with E-state index < -0.39 is 0 Å². The van der Waals surface area contributed by atoms with Gasteiger partial charge in [0.1, 0.15) is 24.8 Å². The molecule has 0 saturated carbocycles. The topological polar surface area (TPSA) is 72.5 Å². The van der Waals surface area contributed by atoms with Crippen LogP contribution in [0.1, 0.15) is 5.56 Å². The summed E-state index contributed by atoms with van der Waals surface area (Å²) in [7, 11) is 0. The van der Waals surface area contributed by atoms with Gasteiger partial charge in [-0.3, -0.25) is 4.79 Å². The summed E-state index contributed by atoms with van der Waals surface area (Å²) in [6, 6.07) is 15.0. The molecule has 0 spiro atoms. The molecule has 1 aromatic heterocycles. The predicted octanol–water partition coefficient (Wildman–Crippen LogP) is 3.92. The molecule has 0 radical (unpaired) electrons. The number of nitrogens with one attached hydrogen (secondary N) is 2. The highest BCUT2D eigenvalue weighted by molar-refractivity contribution is 5.92. The zero-order valence-corrected chi connectivity index (χ0v) is 14.9. The van der Waals surface area contributed by atoms with E-state index in [1.807, 2.05) is 18.2 Å². The minimum atomic E-state index is -0.325. The summed E-state index contributed by atoms with van der Waals surface area (Å²) in [5, 5.41) is 5.96. The Kier molecular flexibility index (Phi) is 5.05. The highest BCUT2D eigenvalue weighted by Crippen LogP contribution is 2.33. The number of ether oxygens (including phenoxy) is 2. The zero-order valence-electron chi connectivity index (χ0n) is 14.9. The van der Waals surface area contributed by atoms with Crippen LogP contribution in [0, 0.1) is 5.82 Å². The molecule has 1 amide bonds. The molecule has 0 saturated heterocycles. The number of hydrogen-bond acceptors (Lipinski definition) is 5. The van der Waals surface area contributed by atoms with Crippen molar-refractivity contribution < 1.29 is 18.7 Å². The fraction of sp³-hybridized carbons (Fsp3) is 0.143. The molecule has 1 aliphatic rings. The Labute approximate surface area is 161 Å². The Morgan fingerprint density at radius 3 is 2.46 bits per heavy atom. The molecule has 0 fully saturated rings. The summed E-state index contributed by atoms with van der Waals surface area (Å²) in [4.78, 5) is 16.4. The van der Waals surface area contributed by atoms with Crippen LogP contribution in [-0.2, 0) is 11.2 Å². The predicted molar refractivity (Wildman–Crippen MR) is 104 cm³/mol. The number of fused-ring (bicyclic) bond motifs is 1. The van der Waals surface area contributed by atoms with Crippen LogP contribution in [0.5, 0.6) is 11.5 Å². The second kappa shape index (κ2) is 7.96. The molecule has 1 aliphatic heterocycles. The molecule has 0 aliphatic carbocycles. The molecule has 7 heteroatoms. The van der Waals surface area contributed by atoms with Crippen molar-refractivity contribution in [3.8, 4) is 11.5 Å². The van der Waals surface area contributed by atoms with Gasteiger partial charge in [0.2, 0.25) is 5.91 Å². The van der Waals surface area contributed by atoms with Crippen LogP contribution in [0.15, 0.2) is 60.8 Å². The summed E-state index contributed by atoms with van der Waals surface area (Å²) >= 11 is 0. The van der Waals surface area contributed by atoms with Gasteiger partial charge in [0.25, 0.3) is 0 Å². The average Bonchev–Trinajstić information content (AvgIpc) is 2.71. The molecule has 0 bridgehead atoms. The third-order valence-corrected chi connectivity index (χ3v) is 4.14. The average molecular weight is 379 g/mol. The molecular weight excluding hydrogens is 361 g/mol. The largest absolute Gasteiger partial charge is 0.486 e. The van der Waals surface area contributed by atoms with Crippen molar-refractivity contribution in [2.24, 2.45) is 0 Å². The molecule has 0 unspecified atom stereocenters. The summed E-state index contributed by atoms with van der Waals surface area (Å²) in [5.41, 5.74) is 2.15. The van der Waals surface area contributed by atoms with Crippen LogP contribution in [-0.4, -0.2) is 24.1 Å². The number of aromatic nitrogens is 1. The second-order valence-corrected chi connectivity index (χ2v) is 6.27. The van der Waals surface area contributed by atoms with Crippen LogP contribution in [0.25, 0.3) is 0 Å². The third-order valence-electron chi connectivity index (χ3n) is 4.14. The molecule has 4 rings (SSSR count). The lowest BCUT2D eigenvalue weighted by Gasteiger charge is -2.19. The molecule has 28 heavy (non-hydrogen) atoms. The molecule has 0 atom stereocenters. The maximum Gasteiger partial charge on any atom is 0.228 e. The quantitative estimate of drug-likeness (QED) is 0.703. The van der Waals surface area contributed by atoms with Crippen molar-refractivity contribution in [3.63, 3.8) is 0 Å². The Morgan fingerprint density at radius 2 is 1.71 bits per heavy atom. The molecule has 142 valence electrons. The first-order chi connectivity index (χ1) is 13.7. The van der Waals surface area contributed by atoms with Crippen LogP contribution in [0.4, 0.5) is 21.6 Å². The van der Waals surface area contributed by atoms with Gasteiger partial charge in [-0.05, 0) is 42.0 Å². The van der Waals surface area contributed by atoms with Crippen molar-refractivity contribution in [3.05, 3.63) is 72.2 Å². The van der Waals surface area contributed by atoms with E-state index in [9.17, 15) is 9.18 Å². The summed E-state index contributed by atoms with van der Waals surface area (Å²) < 4.78 is 24.0. The van der Waals surface area contributed by atoms with Crippen LogP contribution < -0.4 is 20.1 Å². The molecule has 6 nitrogen and oxygen atoms in total. The summed E-state index contributed by atoms with van der Waals surface area (Å²) in [6.45, 7) is 1.08. The van der Waals surface area contributed by atoms with Gasteiger partial charge in [0.15, 0.2) is 11.5 Å². The van der Waals surface area contributed by atoms with E-state index in [-0.39, 0.29) is 18.1 Å². The lowest BCUT2D eigenvalue weighted by Crippen LogP contribution is -2.15. The first kappa shape index (κ1) is 17.8. The van der Waals surface area contributed by atoms with E-state index in [0.717, 1.165) is 17.0 Å². The summed E-state index contributed by atoms with van der Waals surface area (Å²) in [5.74, 6) is 1.54. The van der Waals surface area contributed by atoms with E-state index in [2.05, 4.69) is 15.6 Å². The Bertz CT molecular complexity index is 975. The van der Waals surface area contributed by atoms with Crippen molar-refractivity contribution in [1.29, 1.82) is 0 Å². The molecular formula is C21H18FN3O3. The van der Waals surface area contributed by atoms with Gasteiger partial charge in [0.05, 0.1) is 18.3 Å². The smallest absolute Gasteiger partial charge is 0.228 e. The lowest BCUT2D eigenvalue weighted by molar-refractivity contribution is -0.115. The van der Waals surface area contributed by atoms with E-state index in [4.69, 9.17) is 9.47 Å². The number of halogens is 1. The minimum absolute atomic E-state index is 0.164. The number of carbonyl (C=O) groups is 1. The number of anilines is 3. The normalized spacial score (nSPS) is 12.3. The molecule has 3 aromatic rings. The van der Waals surface area contributed by atoms with Gasteiger partial charge < -0.3 is 20.1 Å². The zero-order chi connectivity index (χ0) is 19.3. The van der Waals surface area contributed by atoms with Crippen molar-refractivity contribution in [2.75, 3.05) is 23.8 Å². The van der Waals surface area contributed by atoms with Gasteiger partial charge in [-0.15, -0.1) is 0 Å². The number of rotatable bonds is 5. The lowest BCUT2D eigenvalue weighted by atomic mass is 10.1. The van der Waals surface area contributed by atoms with Crippen molar-refractivity contribution in [1.82, 2.24) is 4.98 Å². The Balaban J connectivity index is 1.35. The maximum absolute atomic E-state index is 12.9. The third kappa shape index (κ3) is 4.37. The Hall–Kier alpha value is -3.61. The van der Waals surface area contributed by atoms with Crippen LogP contribution >= 0.6 is 0 Å². The number of benzene rings is 2. The van der Waals surface area contributed by atoms with Crippen molar-refractivity contribution in [2.45, 2.75) is 6.42 Å². The number of nitrogens with zero attached hydrogens (tertiary/aromatic N) is 1. The fourth-order valence-electron chi connectivity index (χ4n) is 2.80. The molecule has 2 heterocycles. The van der Waals surface area contributed by atoms with E-state index in [1.165, 1.54) is 12.1 Å². The second-order valence-electron chi connectivity index (χ2n) is 6.27. The van der Waals surface area contributed by atoms with E-state index in [0.29, 0.717) is 30.5 Å². The van der Waals surface area contributed by atoms with E-state index in [1.54, 1.807) is 30.5 Å². The maximum atomic E-state index is 12.9. The standard InChI is InChI=1S/C21H18FN3O3/c22-15-3-1-14(2-4-15)11-21(26)25-17-6-8-20(23-13-17)24-16-5-7-18-19(12-16)28-10-9-27-18/h1-8,12-13H,9-11H2,(H,23,24)(H,25,26). The Morgan fingerprint density at radius 1 is 0.964 bits per heavy atom. The highest BCUT2D eigenvalue weighted by Gasteiger charge is 2.12. The van der Waals surface area contributed by atoms with E-state index >= 15 is 0 Å². The van der Waals surface area contributed by atoms with Crippen LogP contribution in [0.2, 0.25) is 0 Å². The van der Waals surface area contributed by atoms with Gasteiger partial charge in [-0.1, -0.05) is 12.1 Å². The first-order valence-corrected chi connectivity index (χ1v) is 8.83. The number of amides is 1. The molecule has 2 aromatic carbocycles. The fourth-order valence-corrected chi connectivity index (χ4v) is 2.80.